The third kappa shape index (κ3) is 4.35. The van der Waals surface area contributed by atoms with Gasteiger partial charge in [-0.15, -0.1) is 0 Å². The topological polar surface area (TPSA) is 50.4 Å². The predicted octanol–water partition coefficient (Wildman–Crippen LogP) is 3.58. The van der Waals surface area contributed by atoms with Crippen molar-refractivity contribution in [1.82, 2.24) is 0 Å². The SMILES string of the molecule is Cc1ccc(NC(N)=NCCc2c(C)cccc2C)cc1. The molecule has 0 saturated heterocycles. The van der Waals surface area contributed by atoms with Crippen molar-refractivity contribution in [3.05, 3.63) is 64.7 Å². The zero-order valence-electron chi connectivity index (χ0n) is 13.0. The van der Waals surface area contributed by atoms with Crippen LogP contribution >= 0.6 is 0 Å². The molecule has 0 radical (unpaired) electrons. The Bertz CT molecular complexity index is 607. The van der Waals surface area contributed by atoms with E-state index in [9.17, 15) is 0 Å². The first-order chi connectivity index (χ1) is 10.1. The molecule has 3 heteroatoms. The molecule has 2 rings (SSSR count). The van der Waals surface area contributed by atoms with E-state index in [2.05, 4.69) is 49.3 Å². The van der Waals surface area contributed by atoms with Crippen molar-refractivity contribution in [1.29, 1.82) is 0 Å². The average molecular weight is 281 g/mol. The van der Waals surface area contributed by atoms with E-state index in [1.54, 1.807) is 0 Å². The third-order valence-electron chi connectivity index (χ3n) is 3.61. The van der Waals surface area contributed by atoms with Gasteiger partial charge < -0.3 is 11.1 Å². The number of aryl methyl sites for hydroxylation is 3. The number of aliphatic imine (C=N–C) groups is 1. The first-order valence-electron chi connectivity index (χ1n) is 7.25. The van der Waals surface area contributed by atoms with Crippen molar-refractivity contribution in [2.75, 3.05) is 11.9 Å². The minimum absolute atomic E-state index is 0.463. The maximum Gasteiger partial charge on any atom is 0.193 e. The van der Waals surface area contributed by atoms with E-state index in [0.29, 0.717) is 12.5 Å². The number of nitrogens with one attached hydrogen (secondary N) is 1. The molecule has 0 heterocycles. The zero-order valence-corrected chi connectivity index (χ0v) is 13.0. The van der Waals surface area contributed by atoms with E-state index in [1.807, 2.05) is 24.3 Å². The smallest absolute Gasteiger partial charge is 0.193 e. The van der Waals surface area contributed by atoms with Crippen molar-refractivity contribution in [3.8, 4) is 0 Å². The Morgan fingerprint density at radius 3 is 2.24 bits per heavy atom. The molecular weight excluding hydrogens is 258 g/mol. The summed E-state index contributed by atoms with van der Waals surface area (Å²) in [5.41, 5.74) is 12.1. The van der Waals surface area contributed by atoms with Gasteiger partial charge in [-0.3, -0.25) is 4.99 Å². The molecule has 110 valence electrons. The van der Waals surface area contributed by atoms with E-state index in [-0.39, 0.29) is 0 Å². The summed E-state index contributed by atoms with van der Waals surface area (Å²) in [5.74, 6) is 0.463. The summed E-state index contributed by atoms with van der Waals surface area (Å²) >= 11 is 0. The number of benzene rings is 2. The summed E-state index contributed by atoms with van der Waals surface area (Å²) in [6, 6.07) is 14.5. The molecule has 3 N–H and O–H groups in total. The lowest BCUT2D eigenvalue weighted by Gasteiger charge is -2.09. The van der Waals surface area contributed by atoms with E-state index in [4.69, 9.17) is 5.73 Å². The summed E-state index contributed by atoms with van der Waals surface area (Å²) in [6.07, 6.45) is 0.911. The molecule has 2 aromatic rings. The van der Waals surface area contributed by atoms with Crippen molar-refractivity contribution >= 4 is 11.6 Å². The van der Waals surface area contributed by atoms with Crippen LogP contribution in [0.3, 0.4) is 0 Å². The van der Waals surface area contributed by atoms with Crippen LogP contribution in [0, 0.1) is 20.8 Å². The van der Waals surface area contributed by atoms with Gasteiger partial charge in [0.15, 0.2) is 5.96 Å². The Balaban J connectivity index is 1.93. The van der Waals surface area contributed by atoms with Crippen LogP contribution in [0.5, 0.6) is 0 Å². The Morgan fingerprint density at radius 1 is 1.00 bits per heavy atom. The molecule has 0 unspecified atom stereocenters. The molecule has 0 spiro atoms. The molecule has 0 amide bonds. The van der Waals surface area contributed by atoms with Crippen LogP contribution in [-0.4, -0.2) is 12.5 Å². The minimum atomic E-state index is 0.463. The summed E-state index contributed by atoms with van der Waals surface area (Å²) < 4.78 is 0. The van der Waals surface area contributed by atoms with Crippen molar-refractivity contribution in [2.45, 2.75) is 27.2 Å². The maximum absolute atomic E-state index is 5.92. The molecule has 0 aliphatic carbocycles. The van der Waals surface area contributed by atoms with Crippen LogP contribution in [0.4, 0.5) is 5.69 Å². The number of guanidine groups is 1. The third-order valence-corrected chi connectivity index (χ3v) is 3.61. The second-order valence-electron chi connectivity index (χ2n) is 5.38. The van der Waals surface area contributed by atoms with E-state index >= 15 is 0 Å². The predicted molar refractivity (Wildman–Crippen MR) is 90.9 cm³/mol. The molecule has 0 aliphatic heterocycles. The van der Waals surface area contributed by atoms with Crippen LogP contribution in [0.25, 0.3) is 0 Å². The van der Waals surface area contributed by atoms with Crippen molar-refractivity contribution in [3.63, 3.8) is 0 Å². The van der Waals surface area contributed by atoms with Gasteiger partial charge in [-0.25, -0.2) is 0 Å². The molecule has 0 fully saturated rings. The lowest BCUT2D eigenvalue weighted by molar-refractivity contribution is 0.943. The van der Waals surface area contributed by atoms with Gasteiger partial charge in [0.1, 0.15) is 0 Å². The van der Waals surface area contributed by atoms with E-state index < -0.39 is 0 Å². The summed E-state index contributed by atoms with van der Waals surface area (Å²) in [6.45, 7) is 7.03. The number of nitrogens with two attached hydrogens (primary N) is 1. The fourth-order valence-electron chi connectivity index (χ4n) is 2.36. The Kier molecular flexibility index (Phi) is 4.99. The molecule has 0 bridgehead atoms. The minimum Gasteiger partial charge on any atom is -0.370 e. The van der Waals surface area contributed by atoms with Gasteiger partial charge in [0, 0.05) is 12.2 Å². The maximum atomic E-state index is 5.92. The second kappa shape index (κ2) is 6.93. The lowest BCUT2D eigenvalue weighted by atomic mass is 10.0. The number of nitrogens with zero attached hydrogens (tertiary/aromatic N) is 1. The molecule has 0 atom stereocenters. The Hall–Kier alpha value is -2.29. The van der Waals surface area contributed by atoms with Crippen LogP contribution in [-0.2, 0) is 6.42 Å². The molecule has 0 aromatic heterocycles. The lowest BCUT2D eigenvalue weighted by Crippen LogP contribution is -2.23. The second-order valence-corrected chi connectivity index (χ2v) is 5.38. The zero-order chi connectivity index (χ0) is 15.2. The highest BCUT2D eigenvalue weighted by Gasteiger charge is 2.01. The van der Waals surface area contributed by atoms with Gasteiger partial charge >= 0.3 is 0 Å². The number of anilines is 1. The normalized spacial score (nSPS) is 11.5. The number of hydrogen-bond acceptors (Lipinski definition) is 1. The van der Waals surface area contributed by atoms with Crippen LogP contribution in [0.15, 0.2) is 47.5 Å². The summed E-state index contributed by atoms with van der Waals surface area (Å²) in [7, 11) is 0. The summed E-state index contributed by atoms with van der Waals surface area (Å²) in [5, 5.41) is 3.11. The Morgan fingerprint density at radius 2 is 1.62 bits per heavy atom. The van der Waals surface area contributed by atoms with Gasteiger partial charge in [0.25, 0.3) is 0 Å². The molecule has 0 aliphatic rings. The fourth-order valence-corrected chi connectivity index (χ4v) is 2.36. The van der Waals surface area contributed by atoms with Gasteiger partial charge in [-0.05, 0) is 56.0 Å². The molecule has 0 saturated carbocycles. The van der Waals surface area contributed by atoms with Gasteiger partial charge in [-0.2, -0.15) is 0 Å². The molecule has 3 nitrogen and oxygen atoms in total. The van der Waals surface area contributed by atoms with Gasteiger partial charge in [-0.1, -0.05) is 35.9 Å². The van der Waals surface area contributed by atoms with E-state index in [0.717, 1.165) is 12.1 Å². The fraction of sp³-hybridized carbons (Fsp3) is 0.278. The van der Waals surface area contributed by atoms with Gasteiger partial charge in [0.2, 0.25) is 0 Å². The molecular formula is C18H23N3. The standard InChI is InChI=1S/C18H23N3/c1-13-7-9-16(10-8-13)21-18(19)20-12-11-17-14(2)5-4-6-15(17)3/h4-10H,11-12H2,1-3H3,(H3,19,20,21). The number of hydrogen-bond donors (Lipinski definition) is 2. The Labute approximate surface area is 126 Å². The first-order valence-corrected chi connectivity index (χ1v) is 7.25. The van der Waals surface area contributed by atoms with Crippen LogP contribution < -0.4 is 11.1 Å². The monoisotopic (exact) mass is 281 g/mol. The highest BCUT2D eigenvalue weighted by Crippen LogP contribution is 2.14. The number of rotatable bonds is 4. The van der Waals surface area contributed by atoms with Crippen LogP contribution in [0.2, 0.25) is 0 Å². The quantitative estimate of drug-likeness (QED) is 0.665. The largest absolute Gasteiger partial charge is 0.370 e. The highest BCUT2D eigenvalue weighted by atomic mass is 15.1. The van der Waals surface area contributed by atoms with E-state index in [1.165, 1.54) is 22.3 Å². The molecule has 2 aromatic carbocycles. The summed E-state index contributed by atoms with van der Waals surface area (Å²) in [4.78, 5) is 4.40. The highest BCUT2D eigenvalue weighted by molar-refractivity contribution is 5.92. The van der Waals surface area contributed by atoms with Crippen molar-refractivity contribution < 1.29 is 0 Å². The first kappa shape index (κ1) is 15.1. The van der Waals surface area contributed by atoms with Crippen LogP contribution in [0.1, 0.15) is 22.3 Å². The van der Waals surface area contributed by atoms with Crippen molar-refractivity contribution in [2.24, 2.45) is 10.7 Å². The molecule has 21 heavy (non-hydrogen) atoms. The van der Waals surface area contributed by atoms with Gasteiger partial charge in [0.05, 0.1) is 0 Å². The average Bonchev–Trinajstić information content (AvgIpc) is 2.45.